The molecule has 6 heteroatoms. The summed E-state index contributed by atoms with van der Waals surface area (Å²) >= 11 is 0. The lowest BCUT2D eigenvalue weighted by Gasteiger charge is -2.47. The molecule has 4 aromatic rings. The van der Waals surface area contributed by atoms with Crippen molar-refractivity contribution in [2.75, 3.05) is 0 Å². The molecule has 0 saturated heterocycles. The van der Waals surface area contributed by atoms with Crippen LogP contribution in [0.15, 0.2) is 47.6 Å². The summed E-state index contributed by atoms with van der Waals surface area (Å²) in [6.45, 7) is 2.45. The number of hydrogen-bond donors (Lipinski definition) is 1. The maximum atomic E-state index is 5.67. The van der Waals surface area contributed by atoms with Crippen molar-refractivity contribution in [1.29, 1.82) is 0 Å². The number of nitrogens with one attached hydrogen (secondary N) is 1. The van der Waals surface area contributed by atoms with E-state index in [0.717, 1.165) is 57.9 Å². The Hall–Kier alpha value is -3.02. The molecule has 1 N–H and O–H groups in total. The van der Waals surface area contributed by atoms with E-state index in [-0.39, 0.29) is 0 Å². The van der Waals surface area contributed by atoms with Gasteiger partial charge in [-0.15, -0.1) is 0 Å². The van der Waals surface area contributed by atoms with Gasteiger partial charge < -0.3 is 9.40 Å². The Morgan fingerprint density at radius 2 is 2.00 bits per heavy atom. The summed E-state index contributed by atoms with van der Waals surface area (Å²) in [4.78, 5) is 21.6. The van der Waals surface area contributed by atoms with Crippen LogP contribution < -0.4 is 0 Å². The number of H-pyrrole nitrogens is 1. The van der Waals surface area contributed by atoms with Gasteiger partial charge in [0.15, 0.2) is 11.6 Å². The maximum absolute atomic E-state index is 5.67. The third kappa shape index (κ3) is 2.93. The van der Waals surface area contributed by atoms with Crippen LogP contribution in [0.2, 0.25) is 0 Å². The summed E-state index contributed by atoms with van der Waals surface area (Å²) in [6, 6.07) is 5.97. The Balaban J connectivity index is 1.43. The van der Waals surface area contributed by atoms with Crippen molar-refractivity contribution in [3.63, 3.8) is 0 Å². The highest BCUT2D eigenvalue weighted by atomic mass is 16.3. The Kier molecular flexibility index (Phi) is 4.18. The predicted octanol–water partition coefficient (Wildman–Crippen LogP) is 5.29. The molecular formula is C24H25N5O. The number of fused-ring (bicyclic) bond motifs is 4. The van der Waals surface area contributed by atoms with Crippen molar-refractivity contribution < 1.29 is 4.42 Å². The minimum Gasteiger partial charge on any atom is -0.463 e. The number of furan rings is 1. The second kappa shape index (κ2) is 7.04. The van der Waals surface area contributed by atoms with Crippen molar-refractivity contribution in [3.05, 3.63) is 48.9 Å². The summed E-state index contributed by atoms with van der Waals surface area (Å²) < 4.78 is 5.67. The van der Waals surface area contributed by atoms with E-state index in [1.807, 2.05) is 24.5 Å². The summed E-state index contributed by atoms with van der Waals surface area (Å²) in [5.74, 6) is 4.66. The van der Waals surface area contributed by atoms with Crippen LogP contribution in [0.25, 0.3) is 33.9 Å². The van der Waals surface area contributed by atoms with Gasteiger partial charge >= 0.3 is 0 Å². The summed E-state index contributed by atoms with van der Waals surface area (Å²) in [5.41, 5.74) is 3.66. The first kappa shape index (κ1) is 17.8. The van der Waals surface area contributed by atoms with Crippen molar-refractivity contribution in [1.82, 2.24) is 24.9 Å². The van der Waals surface area contributed by atoms with Gasteiger partial charge in [0.25, 0.3) is 0 Å². The maximum Gasteiger partial charge on any atom is 0.162 e. The fourth-order valence-corrected chi connectivity index (χ4v) is 5.79. The van der Waals surface area contributed by atoms with Crippen LogP contribution in [0.3, 0.4) is 0 Å². The van der Waals surface area contributed by atoms with Gasteiger partial charge in [-0.05, 0) is 74.0 Å². The molecule has 3 saturated carbocycles. The first-order valence-electron chi connectivity index (χ1n) is 11.0. The molecule has 4 heterocycles. The smallest absolute Gasteiger partial charge is 0.162 e. The van der Waals surface area contributed by atoms with Crippen LogP contribution in [-0.2, 0) is 6.42 Å². The SMILES string of the molecule is C[C@@H]1C2CCC(CC2)[C@H]1Cc1cc(-c2ccco2)nc(-c2c[nH]c3ncncc23)n1. The van der Waals surface area contributed by atoms with Gasteiger partial charge in [-0.1, -0.05) is 6.92 Å². The third-order valence-corrected chi connectivity index (χ3v) is 7.44. The predicted molar refractivity (Wildman–Crippen MR) is 114 cm³/mol. The average Bonchev–Trinajstić information content (AvgIpc) is 3.47. The van der Waals surface area contributed by atoms with E-state index in [1.165, 1.54) is 25.7 Å². The Bertz CT molecular complexity index is 1170. The zero-order valence-corrected chi connectivity index (χ0v) is 17.1. The molecule has 7 rings (SSSR count). The van der Waals surface area contributed by atoms with Gasteiger partial charge in [0, 0.05) is 29.0 Å². The molecule has 152 valence electrons. The first-order valence-corrected chi connectivity index (χ1v) is 11.0. The Morgan fingerprint density at radius 3 is 2.80 bits per heavy atom. The van der Waals surface area contributed by atoms with Crippen molar-refractivity contribution in [2.45, 2.75) is 39.0 Å². The van der Waals surface area contributed by atoms with Gasteiger partial charge in [-0.25, -0.2) is 19.9 Å². The highest BCUT2D eigenvalue weighted by Crippen LogP contribution is 2.49. The first-order chi connectivity index (χ1) is 14.8. The summed E-state index contributed by atoms with van der Waals surface area (Å²) in [7, 11) is 0. The summed E-state index contributed by atoms with van der Waals surface area (Å²) in [5, 5.41) is 0.935. The average molecular weight is 399 g/mol. The molecule has 0 aromatic carbocycles. The van der Waals surface area contributed by atoms with Crippen molar-refractivity contribution in [3.8, 4) is 22.8 Å². The lowest BCUT2D eigenvalue weighted by atomic mass is 9.58. The van der Waals surface area contributed by atoms with Crippen LogP contribution in [0.4, 0.5) is 0 Å². The van der Waals surface area contributed by atoms with Gasteiger partial charge in [-0.2, -0.15) is 0 Å². The topological polar surface area (TPSA) is 80.5 Å². The van der Waals surface area contributed by atoms with E-state index in [0.29, 0.717) is 11.7 Å². The lowest BCUT2D eigenvalue weighted by molar-refractivity contribution is 0.0339. The minimum atomic E-state index is 0.702. The van der Waals surface area contributed by atoms with Crippen LogP contribution in [0, 0.1) is 23.7 Å². The number of aromatic nitrogens is 5. The molecule has 0 spiro atoms. The second-order valence-corrected chi connectivity index (χ2v) is 8.93. The normalized spacial score (nSPS) is 25.8. The molecule has 30 heavy (non-hydrogen) atoms. The van der Waals surface area contributed by atoms with E-state index < -0.39 is 0 Å². The molecule has 0 radical (unpaired) electrons. The van der Waals surface area contributed by atoms with E-state index in [9.17, 15) is 0 Å². The molecule has 3 fully saturated rings. The van der Waals surface area contributed by atoms with Gasteiger partial charge in [0.1, 0.15) is 17.7 Å². The van der Waals surface area contributed by atoms with Crippen molar-refractivity contribution in [2.24, 2.45) is 23.7 Å². The second-order valence-electron chi connectivity index (χ2n) is 8.93. The molecular weight excluding hydrogens is 374 g/mol. The monoisotopic (exact) mass is 399 g/mol. The molecule has 3 aliphatic rings. The number of hydrogen-bond acceptors (Lipinski definition) is 5. The fourth-order valence-electron chi connectivity index (χ4n) is 5.79. The Morgan fingerprint density at radius 1 is 1.13 bits per heavy atom. The van der Waals surface area contributed by atoms with Gasteiger partial charge in [0.2, 0.25) is 0 Å². The number of nitrogens with zero attached hydrogens (tertiary/aromatic N) is 4. The molecule has 0 aliphatic heterocycles. The zero-order chi connectivity index (χ0) is 20.1. The minimum absolute atomic E-state index is 0.702. The fraction of sp³-hybridized carbons (Fsp3) is 0.417. The standard InChI is InChI=1S/C24H25N5O/c1-14-15-4-6-16(7-5-15)18(14)9-17-10-21(22-3-2-8-30-22)29-24(28-17)20-12-26-23-19(20)11-25-13-27-23/h2-3,8,10-16,18H,4-7,9H2,1H3,(H,25,26,27)/t14-,15?,16?,18+/m1/s1. The molecule has 6 nitrogen and oxygen atoms in total. The largest absolute Gasteiger partial charge is 0.463 e. The van der Waals surface area contributed by atoms with Crippen molar-refractivity contribution >= 4 is 11.0 Å². The van der Waals surface area contributed by atoms with E-state index >= 15 is 0 Å². The van der Waals surface area contributed by atoms with Crippen LogP contribution in [0.5, 0.6) is 0 Å². The van der Waals surface area contributed by atoms with Crippen LogP contribution in [-0.4, -0.2) is 24.9 Å². The Labute approximate surface area is 175 Å². The molecule has 0 amide bonds. The zero-order valence-electron chi connectivity index (χ0n) is 17.1. The molecule has 0 unspecified atom stereocenters. The lowest BCUT2D eigenvalue weighted by Crippen LogP contribution is -2.39. The number of aromatic amines is 1. The van der Waals surface area contributed by atoms with Crippen LogP contribution in [0.1, 0.15) is 38.3 Å². The molecule has 2 bridgehead atoms. The molecule has 4 aromatic heterocycles. The van der Waals surface area contributed by atoms with Gasteiger partial charge in [-0.3, -0.25) is 0 Å². The summed E-state index contributed by atoms with van der Waals surface area (Å²) in [6.07, 6.45) is 13.6. The van der Waals surface area contributed by atoms with Crippen LogP contribution >= 0.6 is 0 Å². The van der Waals surface area contributed by atoms with E-state index in [4.69, 9.17) is 14.4 Å². The number of rotatable bonds is 4. The quantitative estimate of drug-likeness (QED) is 0.504. The molecule has 3 aliphatic carbocycles. The highest BCUT2D eigenvalue weighted by molar-refractivity contribution is 5.91. The van der Waals surface area contributed by atoms with E-state index in [2.05, 4.69) is 27.9 Å². The third-order valence-electron chi connectivity index (χ3n) is 7.44. The van der Waals surface area contributed by atoms with E-state index in [1.54, 1.807) is 12.6 Å². The highest BCUT2D eigenvalue weighted by Gasteiger charge is 2.41. The molecule has 2 atom stereocenters. The van der Waals surface area contributed by atoms with Gasteiger partial charge in [0.05, 0.1) is 6.26 Å².